The van der Waals surface area contributed by atoms with Gasteiger partial charge in [0.2, 0.25) is 6.08 Å². The molecule has 3 unspecified atom stereocenters. The van der Waals surface area contributed by atoms with Crippen LogP contribution in [0.25, 0.3) is 0 Å². The van der Waals surface area contributed by atoms with E-state index in [4.69, 9.17) is 9.26 Å². The van der Waals surface area contributed by atoms with E-state index in [-0.39, 0.29) is 36.7 Å². The van der Waals surface area contributed by atoms with Crippen molar-refractivity contribution < 1.29 is 37.3 Å². The lowest BCUT2D eigenvalue weighted by atomic mass is 9.62. The van der Waals surface area contributed by atoms with Crippen LogP contribution in [0.5, 0.6) is 0 Å². The molecule has 1 saturated carbocycles. The van der Waals surface area contributed by atoms with E-state index in [0.29, 0.717) is 24.1 Å². The molecule has 0 spiro atoms. The summed E-state index contributed by atoms with van der Waals surface area (Å²) in [6.45, 7) is 9.69. The Morgan fingerprint density at radius 1 is 1.23 bits per heavy atom. The average Bonchev–Trinajstić information content (AvgIpc) is 2.57. The summed E-state index contributed by atoms with van der Waals surface area (Å²) in [5, 5.41) is 2.95. The molecule has 180 valence electrons. The van der Waals surface area contributed by atoms with Crippen molar-refractivity contribution in [3.63, 3.8) is 0 Å². The molecule has 31 heavy (non-hydrogen) atoms. The minimum absolute atomic E-state index is 0.00978. The van der Waals surface area contributed by atoms with Gasteiger partial charge in [0.1, 0.15) is 26.3 Å². The molecule has 1 aliphatic rings. The second-order valence-corrected chi connectivity index (χ2v) is 11.5. The molecule has 3 atom stereocenters. The first-order chi connectivity index (χ1) is 14.2. The third-order valence-electron chi connectivity index (χ3n) is 5.46. The summed E-state index contributed by atoms with van der Waals surface area (Å²) in [4.78, 5) is 36.1. The van der Waals surface area contributed by atoms with Gasteiger partial charge in [0.05, 0.1) is 27.2 Å². The topological polar surface area (TPSA) is 124 Å². The zero-order chi connectivity index (χ0) is 23.8. The highest BCUT2D eigenvalue weighted by molar-refractivity contribution is 7.47. The number of nitrogens with one attached hydrogen (secondary N) is 1. The van der Waals surface area contributed by atoms with Gasteiger partial charge in [-0.25, -0.2) is 19.1 Å². The van der Waals surface area contributed by atoms with Crippen molar-refractivity contribution >= 4 is 20.0 Å². The van der Waals surface area contributed by atoms with Crippen LogP contribution in [0.2, 0.25) is 0 Å². The van der Waals surface area contributed by atoms with Crippen molar-refractivity contribution in [2.45, 2.75) is 53.0 Å². The number of nitrogens with zero attached hydrogens (tertiary/aromatic N) is 2. The van der Waals surface area contributed by atoms with E-state index in [2.05, 4.69) is 35.6 Å². The highest BCUT2D eigenvalue weighted by Crippen LogP contribution is 2.46. The first kappa shape index (κ1) is 27.8. The number of ether oxygens (including phenoxy) is 1. The van der Waals surface area contributed by atoms with Crippen LogP contribution in [0.3, 0.4) is 0 Å². The van der Waals surface area contributed by atoms with Crippen LogP contribution in [-0.4, -0.2) is 81.1 Å². The lowest BCUT2D eigenvalue weighted by Gasteiger charge is -2.45. The maximum Gasteiger partial charge on any atom is 0.472 e. The van der Waals surface area contributed by atoms with Gasteiger partial charge >= 0.3 is 13.9 Å². The van der Waals surface area contributed by atoms with E-state index in [9.17, 15) is 19.0 Å². The van der Waals surface area contributed by atoms with Gasteiger partial charge in [-0.15, -0.1) is 0 Å². The second kappa shape index (κ2) is 11.5. The monoisotopic (exact) mass is 464 g/mol. The number of alkyl carbamates (subject to hydrolysis) is 1. The Balaban J connectivity index is 2.44. The van der Waals surface area contributed by atoms with Crippen LogP contribution in [0.15, 0.2) is 4.99 Å². The quantitative estimate of drug-likeness (QED) is 0.197. The Morgan fingerprint density at radius 3 is 2.48 bits per heavy atom. The number of amides is 1. The van der Waals surface area contributed by atoms with E-state index in [0.717, 1.165) is 19.3 Å². The van der Waals surface area contributed by atoms with Gasteiger partial charge in [-0.1, -0.05) is 20.8 Å². The van der Waals surface area contributed by atoms with Gasteiger partial charge in [0.15, 0.2) is 0 Å². The van der Waals surface area contributed by atoms with Crippen LogP contribution in [0.1, 0.15) is 47.0 Å². The summed E-state index contributed by atoms with van der Waals surface area (Å²) in [5.41, 5.74) is -0.167. The van der Waals surface area contributed by atoms with Crippen molar-refractivity contribution in [1.29, 1.82) is 0 Å². The van der Waals surface area contributed by atoms with Crippen LogP contribution in [0, 0.1) is 10.8 Å². The van der Waals surface area contributed by atoms with Crippen molar-refractivity contribution in [2.75, 3.05) is 53.6 Å². The number of phosphoric acid groups is 1. The number of phosphoric ester groups is 1. The van der Waals surface area contributed by atoms with Gasteiger partial charge in [0.25, 0.3) is 0 Å². The fraction of sp³-hybridized carbons (Fsp3) is 0.900. The number of hydrogen-bond acceptors (Lipinski definition) is 7. The normalized spacial score (nSPS) is 25.2. The number of aliphatic imine (C=N–C) groups is 1. The number of quaternary nitrogens is 1. The average molecular weight is 465 g/mol. The highest BCUT2D eigenvalue weighted by atomic mass is 31.2. The Hall–Kier alpha value is -1.28. The van der Waals surface area contributed by atoms with Gasteiger partial charge in [-0.05, 0) is 37.0 Å². The van der Waals surface area contributed by atoms with E-state index >= 15 is 0 Å². The minimum Gasteiger partial charge on any atom is -0.444 e. The van der Waals surface area contributed by atoms with E-state index in [1.165, 1.54) is 0 Å². The van der Waals surface area contributed by atoms with Gasteiger partial charge in [-0.2, -0.15) is 0 Å². The van der Waals surface area contributed by atoms with Crippen molar-refractivity contribution in [1.82, 2.24) is 5.32 Å². The van der Waals surface area contributed by atoms with Crippen molar-refractivity contribution in [3.8, 4) is 0 Å². The highest BCUT2D eigenvalue weighted by Gasteiger charge is 2.41. The standard InChI is InChI=1S/C20H38N3O7P/c1-7-29-31(26,27)30-11-9-23(5,6)8-10-28-18(25)22-17-12-19(2,3)14-20(4,13-17)15-21-16-24/h17H,7-15H2,1-6H3,(H-,22,25,26,27)/p+1. The second-order valence-electron chi connectivity index (χ2n) is 10.0. The van der Waals surface area contributed by atoms with Gasteiger partial charge < -0.3 is 19.4 Å². The van der Waals surface area contributed by atoms with Crippen LogP contribution in [-0.2, 0) is 23.1 Å². The molecule has 2 N–H and O–H groups in total. The maximum absolute atomic E-state index is 12.3. The molecule has 0 heterocycles. The molecule has 1 rings (SSSR count). The Kier molecular flexibility index (Phi) is 10.3. The zero-order valence-corrected chi connectivity index (χ0v) is 20.6. The van der Waals surface area contributed by atoms with Crippen LogP contribution in [0.4, 0.5) is 4.79 Å². The van der Waals surface area contributed by atoms with Crippen molar-refractivity contribution in [3.05, 3.63) is 0 Å². The fourth-order valence-electron chi connectivity index (χ4n) is 4.39. The SMILES string of the molecule is CCOP(=O)(O)OCC[N+](C)(C)CCOC(=O)NC1CC(C)(C)CC(C)(CN=C=O)C1. The predicted molar refractivity (Wildman–Crippen MR) is 116 cm³/mol. The Labute approximate surface area is 185 Å². The smallest absolute Gasteiger partial charge is 0.444 e. The number of carbonyl (C=O) groups is 1. The Bertz CT molecular complexity index is 694. The summed E-state index contributed by atoms with van der Waals surface area (Å²) in [6.07, 6.45) is 3.59. The number of hydrogen-bond donors (Lipinski definition) is 2. The third-order valence-corrected chi connectivity index (χ3v) is 6.56. The number of likely N-dealkylation sites (N-methyl/N-ethyl adjacent to an activating group) is 1. The molecule has 0 aliphatic heterocycles. The predicted octanol–water partition coefficient (Wildman–Crippen LogP) is 2.86. The van der Waals surface area contributed by atoms with Crippen LogP contribution >= 0.6 is 7.82 Å². The fourth-order valence-corrected chi connectivity index (χ4v) is 5.10. The summed E-state index contributed by atoms with van der Waals surface area (Å²) in [7, 11) is -0.177. The summed E-state index contributed by atoms with van der Waals surface area (Å²) < 4.78 is 26.9. The molecule has 0 saturated heterocycles. The third kappa shape index (κ3) is 11.2. The largest absolute Gasteiger partial charge is 0.472 e. The molecule has 0 aromatic heterocycles. The molecule has 1 aliphatic carbocycles. The van der Waals surface area contributed by atoms with Crippen molar-refractivity contribution in [2.24, 2.45) is 15.8 Å². The molecule has 11 heteroatoms. The first-order valence-corrected chi connectivity index (χ1v) is 12.1. The molecular formula is C20H39N3O7P+. The molecule has 1 amide bonds. The lowest BCUT2D eigenvalue weighted by molar-refractivity contribution is -0.890. The first-order valence-electron chi connectivity index (χ1n) is 10.6. The lowest BCUT2D eigenvalue weighted by Crippen LogP contribution is -2.49. The maximum atomic E-state index is 12.3. The van der Waals surface area contributed by atoms with E-state index < -0.39 is 13.9 Å². The molecule has 0 bridgehead atoms. The zero-order valence-electron chi connectivity index (χ0n) is 19.7. The summed E-state index contributed by atoms with van der Waals surface area (Å²) in [6, 6.07) is -0.0590. The molecule has 0 radical (unpaired) electrons. The van der Waals surface area contributed by atoms with E-state index in [1.807, 2.05) is 14.1 Å². The number of carbonyl (C=O) groups excluding carboxylic acids is 2. The Morgan fingerprint density at radius 2 is 1.87 bits per heavy atom. The summed E-state index contributed by atoms with van der Waals surface area (Å²) >= 11 is 0. The minimum atomic E-state index is -4.00. The van der Waals surface area contributed by atoms with Gasteiger partial charge in [-0.3, -0.25) is 9.05 Å². The molecule has 0 aromatic rings. The van der Waals surface area contributed by atoms with Gasteiger partial charge in [0, 0.05) is 6.04 Å². The molecular weight excluding hydrogens is 425 g/mol. The number of isocyanates is 1. The van der Waals surface area contributed by atoms with E-state index in [1.54, 1.807) is 13.0 Å². The number of rotatable bonds is 12. The summed E-state index contributed by atoms with van der Waals surface area (Å²) in [5.74, 6) is 0. The molecule has 1 fully saturated rings. The molecule has 0 aromatic carbocycles. The van der Waals surface area contributed by atoms with Crippen LogP contribution < -0.4 is 5.32 Å². The molecule has 10 nitrogen and oxygen atoms in total.